The van der Waals surface area contributed by atoms with Crippen molar-refractivity contribution >= 4 is 18.0 Å². The van der Waals surface area contributed by atoms with Gasteiger partial charge in [-0.05, 0) is 146 Å². The van der Waals surface area contributed by atoms with Crippen LogP contribution in [0.5, 0.6) is 0 Å². The van der Waals surface area contributed by atoms with E-state index >= 15 is 0 Å². The lowest BCUT2D eigenvalue weighted by molar-refractivity contribution is -0.129. The van der Waals surface area contributed by atoms with Crippen LogP contribution in [0.3, 0.4) is 0 Å². The molecular weight excluding hydrogens is 1440 g/mol. The second-order valence-corrected chi connectivity index (χ2v) is 35.2. The summed E-state index contributed by atoms with van der Waals surface area (Å²) in [5, 5.41) is 0. The third kappa shape index (κ3) is 40.3. The Kier molecular flexibility index (Phi) is 49.5. The van der Waals surface area contributed by atoms with Gasteiger partial charge in [-0.3, -0.25) is 23.1 Å². The van der Waals surface area contributed by atoms with Crippen LogP contribution >= 0.6 is 0 Å². The molecule has 6 heterocycles. The zero-order valence-electron chi connectivity index (χ0n) is 77.4. The first-order chi connectivity index (χ1) is 54.3. The highest BCUT2D eigenvalue weighted by Crippen LogP contribution is 2.32. The first kappa shape index (κ1) is 104. The van der Waals surface area contributed by atoms with Crippen molar-refractivity contribution < 1.29 is 23.5 Å². The molecule has 17 heteroatoms. The molecule has 3 aromatic heterocycles. The van der Waals surface area contributed by atoms with Crippen molar-refractivity contribution in [2.45, 2.75) is 268 Å². The number of ether oxygens (including phenoxy) is 1. The van der Waals surface area contributed by atoms with Crippen LogP contribution < -0.4 is 17.1 Å². The zero-order valence-corrected chi connectivity index (χ0v) is 77.4. The van der Waals surface area contributed by atoms with Crippen molar-refractivity contribution in [1.29, 1.82) is 0 Å². The van der Waals surface area contributed by atoms with Gasteiger partial charge in [-0.25, -0.2) is 24.0 Å². The quantitative estimate of drug-likeness (QED) is 0.126. The fraction of sp³-hybridized carbons (Fsp3) is 0.515. The van der Waals surface area contributed by atoms with Gasteiger partial charge in [0.25, 0.3) is 0 Å². The molecule has 3 saturated heterocycles. The summed E-state index contributed by atoms with van der Waals surface area (Å²) < 4.78 is 17.2. The normalized spacial score (nSPS) is 14.6. The Morgan fingerprint density at radius 1 is 0.353 bits per heavy atom. The lowest BCUT2D eigenvalue weighted by Crippen LogP contribution is -2.34. The highest BCUT2D eigenvalue weighted by molar-refractivity contribution is 5.80. The third-order valence-corrected chi connectivity index (χ3v) is 16.3. The van der Waals surface area contributed by atoms with Crippen LogP contribution in [0.1, 0.15) is 267 Å². The molecule has 116 heavy (non-hydrogen) atoms. The van der Waals surface area contributed by atoms with Crippen molar-refractivity contribution in [2.75, 3.05) is 26.7 Å². The van der Waals surface area contributed by atoms with Crippen molar-refractivity contribution in [3.8, 4) is 33.8 Å². The van der Waals surface area contributed by atoms with E-state index in [1.807, 2.05) is 254 Å². The number of likely N-dealkylation sites (N-methyl/N-ethyl adjacent to an activating group) is 1. The molecule has 9 aromatic rings. The predicted molar refractivity (Wildman–Crippen MR) is 491 cm³/mol. The van der Waals surface area contributed by atoms with Gasteiger partial charge >= 0.3 is 29.3 Å². The van der Waals surface area contributed by atoms with E-state index < -0.39 is 0 Å². The summed E-state index contributed by atoms with van der Waals surface area (Å²) in [6, 6.07) is 61.4. The van der Waals surface area contributed by atoms with E-state index in [1.165, 1.54) is 11.1 Å². The molecule has 0 saturated carbocycles. The van der Waals surface area contributed by atoms with Gasteiger partial charge in [0, 0.05) is 93.7 Å². The smallest absolute Gasteiger partial charge is 0.419 e. The minimum Gasteiger partial charge on any atom is -0.439 e. The summed E-state index contributed by atoms with van der Waals surface area (Å²) in [7, 11) is 3.69. The largest absolute Gasteiger partial charge is 0.439 e. The average Bonchev–Trinajstić information content (AvgIpc) is 1.67. The van der Waals surface area contributed by atoms with E-state index in [4.69, 9.17) is 9.15 Å². The Morgan fingerprint density at radius 2 is 0.716 bits per heavy atom. The molecule has 3 unspecified atom stereocenters. The van der Waals surface area contributed by atoms with Crippen molar-refractivity contribution in [3.05, 3.63) is 249 Å². The lowest BCUT2D eigenvalue weighted by atomic mass is 9.98. The van der Waals surface area contributed by atoms with E-state index in [1.54, 1.807) is 29.4 Å². The third-order valence-electron chi connectivity index (χ3n) is 16.3. The van der Waals surface area contributed by atoms with Crippen LogP contribution in [0.25, 0.3) is 33.8 Å². The number of likely N-dealkylation sites (tertiary alicyclic amines) is 1. The number of imidazole rings is 2. The van der Waals surface area contributed by atoms with Gasteiger partial charge in [-0.1, -0.05) is 307 Å². The molecule has 17 nitrogen and oxygen atoms in total. The van der Waals surface area contributed by atoms with Crippen LogP contribution in [0.4, 0.5) is 9.59 Å². The highest BCUT2D eigenvalue weighted by Gasteiger charge is 2.37. The summed E-state index contributed by atoms with van der Waals surface area (Å²) in [5.74, 6) is 6.00. The Labute approximate surface area is 700 Å². The molecule has 0 radical (unpaired) electrons. The van der Waals surface area contributed by atoms with E-state index in [0.29, 0.717) is 36.6 Å². The Balaban J connectivity index is 0.000000658. The number of rotatable bonds is 12. The predicted octanol–water partition coefficient (Wildman–Crippen LogP) is 25.0. The van der Waals surface area contributed by atoms with Gasteiger partial charge < -0.3 is 33.7 Å². The Morgan fingerprint density at radius 3 is 1.05 bits per heavy atom. The first-order valence-corrected chi connectivity index (χ1v) is 42.3. The highest BCUT2D eigenvalue weighted by atomic mass is 16.6. The molecule has 3 aliphatic rings. The van der Waals surface area contributed by atoms with E-state index in [2.05, 4.69) is 182 Å². The first-order valence-electron chi connectivity index (χ1n) is 42.3. The number of benzene rings is 6. The van der Waals surface area contributed by atoms with Gasteiger partial charge in [-0.15, -0.1) is 0 Å². The number of urea groups is 1. The zero-order chi connectivity index (χ0) is 88.2. The monoisotopic (exact) mass is 1600 g/mol. The minimum absolute atomic E-state index is 0.0360. The topological polar surface area (TPSA) is 173 Å². The molecule has 12 rings (SSSR count). The number of cyclic esters (lactones) is 1. The van der Waals surface area contributed by atoms with Gasteiger partial charge in [0.1, 0.15) is 6.10 Å². The number of carbonyl (C=O) groups excluding carboxylic acids is 3. The Bertz CT molecular complexity index is 4010. The molecular formula is C99H153N9O8. The molecule has 3 aliphatic heterocycles. The molecule has 4 amide bonds. The number of aromatic amines is 1. The van der Waals surface area contributed by atoms with Crippen LogP contribution in [0.15, 0.2) is 219 Å². The molecule has 0 spiro atoms. The SMILES string of the molecule is CC(C)C.CC(C)C.CC(C)C.CC(C)C.CC(C)C.CC(C)C.CC(C)N1CC(c2ccccc2)CC1=O.CC(C)N1CC(c2ccccc2)N(C)C1=O.CC(C)N1CC(c2ccccc2)OC1=O.CC(C)n1cc(-c2ccccc2)[nH]c1=O.CC(C)n1cc(-c2ccccc2)n(C)c1=O.CC(C)n1cc(-c2ccccc2)oc1=O. The summed E-state index contributed by atoms with van der Waals surface area (Å²) in [6.45, 7) is 65.5. The molecule has 0 bridgehead atoms. The number of hydrogen-bond acceptors (Lipinski definition) is 8. The lowest BCUT2D eigenvalue weighted by Gasteiger charge is -2.20. The fourth-order valence-corrected chi connectivity index (χ4v) is 10.9. The standard InChI is InChI=1S/C13H18N2O.C13H16N2O.C13H17NO.C12H14N2O.C12H15NO2.C12H13NO2.6C4H10/c2*1-10(2)15-9-12(14(3)13(15)16)11-7-5-4-6-8-11;1-10(2)14-9-12(8-13(14)15)11-6-4-3-5-7-11;1-9(2)14-8-11(13-12(14)15)10-6-4-3-5-7-10;2*1-9(2)13-8-11(15-12(13)14)10-6-4-3-5-7-10;6*1-4(2)3/h4-8,10,12H,9H2,1-3H3;4-10H,1-3H3;3-7,10,12H,8-9H2,1-2H3;3-9H,1-2H3,(H,13,15);3-7,9,11H,8H2,1-2H3;3-9H,1-2H3;6*4H,1-3H3. The second kappa shape index (κ2) is 55.1. The average molecular weight is 1600 g/mol. The van der Waals surface area contributed by atoms with Crippen molar-refractivity contribution in [1.82, 2.24) is 42.9 Å². The number of nitrogens with one attached hydrogen (secondary N) is 1. The summed E-state index contributed by atoms with van der Waals surface area (Å²) >= 11 is 0. The van der Waals surface area contributed by atoms with Gasteiger partial charge in [0.05, 0.1) is 30.2 Å². The summed E-state index contributed by atoms with van der Waals surface area (Å²) in [6.07, 6.45) is 5.88. The number of carbonyl (C=O) groups is 3. The molecule has 1 N–H and O–H groups in total. The number of nitrogens with zero attached hydrogens (tertiary/aromatic N) is 8. The van der Waals surface area contributed by atoms with Crippen LogP contribution in [0, 0.1) is 35.5 Å². The van der Waals surface area contributed by atoms with Gasteiger partial charge in [0.15, 0.2) is 5.76 Å². The number of aromatic nitrogens is 5. The number of amides is 4. The van der Waals surface area contributed by atoms with E-state index in [-0.39, 0.29) is 71.6 Å². The van der Waals surface area contributed by atoms with Crippen molar-refractivity contribution in [3.63, 3.8) is 0 Å². The fourth-order valence-electron chi connectivity index (χ4n) is 10.9. The van der Waals surface area contributed by atoms with Crippen LogP contribution in [0.2, 0.25) is 0 Å². The van der Waals surface area contributed by atoms with Gasteiger partial charge in [0.2, 0.25) is 5.91 Å². The molecule has 3 atom stereocenters. The second-order valence-electron chi connectivity index (χ2n) is 35.2. The van der Waals surface area contributed by atoms with Gasteiger partial charge in [-0.2, -0.15) is 0 Å². The summed E-state index contributed by atoms with van der Waals surface area (Å²) in [4.78, 5) is 80.5. The molecule has 3 fully saturated rings. The Hall–Kier alpha value is -9.64. The maximum atomic E-state index is 12.0. The number of oxazole rings is 1. The number of H-pyrrole nitrogens is 1. The van der Waals surface area contributed by atoms with Crippen LogP contribution in [-0.4, -0.2) is 106 Å². The van der Waals surface area contributed by atoms with Crippen LogP contribution in [-0.2, 0) is 16.6 Å². The van der Waals surface area contributed by atoms with Crippen molar-refractivity contribution in [2.24, 2.45) is 42.6 Å². The van der Waals surface area contributed by atoms with E-state index in [9.17, 15) is 28.8 Å². The maximum Gasteiger partial charge on any atom is 0.419 e. The number of hydrogen-bond donors (Lipinski definition) is 1. The molecule has 642 valence electrons. The molecule has 0 aliphatic carbocycles. The maximum absolute atomic E-state index is 12.0. The van der Waals surface area contributed by atoms with E-state index in [0.717, 1.165) is 82.2 Å². The summed E-state index contributed by atoms with van der Waals surface area (Å²) in [5.41, 5.74) is 8.40. The minimum atomic E-state index is -0.302. The molecule has 6 aromatic carbocycles.